The largest absolute Gasteiger partial charge is 0.392 e. The Morgan fingerprint density at radius 2 is 2.31 bits per heavy atom. The van der Waals surface area contributed by atoms with Crippen molar-refractivity contribution in [1.82, 2.24) is 15.2 Å². The van der Waals surface area contributed by atoms with Crippen LogP contribution in [0.2, 0.25) is 0 Å². The number of rotatable bonds is 3. The van der Waals surface area contributed by atoms with E-state index in [9.17, 15) is 4.79 Å². The SMILES string of the molecule is Cc1nnc(NC[C@@H](C)O)[nH]c1=O. The lowest BCUT2D eigenvalue weighted by Crippen LogP contribution is -2.21. The van der Waals surface area contributed by atoms with E-state index in [4.69, 9.17) is 5.11 Å². The monoisotopic (exact) mass is 184 g/mol. The fourth-order valence-corrected chi connectivity index (χ4v) is 0.717. The topological polar surface area (TPSA) is 90.9 Å². The summed E-state index contributed by atoms with van der Waals surface area (Å²) in [6.07, 6.45) is -0.494. The van der Waals surface area contributed by atoms with Gasteiger partial charge in [-0.25, -0.2) is 0 Å². The van der Waals surface area contributed by atoms with Gasteiger partial charge in [-0.1, -0.05) is 0 Å². The summed E-state index contributed by atoms with van der Waals surface area (Å²) in [5.41, 5.74) is 0.0469. The zero-order chi connectivity index (χ0) is 9.84. The fourth-order valence-electron chi connectivity index (χ4n) is 0.717. The van der Waals surface area contributed by atoms with Crippen LogP contribution < -0.4 is 10.9 Å². The van der Waals surface area contributed by atoms with Gasteiger partial charge in [-0.3, -0.25) is 9.78 Å². The number of nitrogens with one attached hydrogen (secondary N) is 2. The molecule has 6 heteroatoms. The Morgan fingerprint density at radius 3 is 2.85 bits per heavy atom. The number of aliphatic hydroxyl groups excluding tert-OH is 1. The molecule has 0 spiro atoms. The van der Waals surface area contributed by atoms with E-state index in [1.165, 1.54) is 0 Å². The lowest BCUT2D eigenvalue weighted by Gasteiger charge is -2.05. The van der Waals surface area contributed by atoms with Gasteiger partial charge >= 0.3 is 0 Å². The molecule has 1 heterocycles. The quantitative estimate of drug-likeness (QED) is 0.576. The standard InChI is InChI=1S/C7H12N4O2/c1-4(12)3-8-7-9-6(13)5(2)10-11-7/h4,12H,3H2,1-2H3,(H2,8,9,11,13)/t4-/m1/s1. The van der Waals surface area contributed by atoms with Crippen molar-refractivity contribution in [3.8, 4) is 0 Å². The van der Waals surface area contributed by atoms with Crippen molar-refractivity contribution in [1.29, 1.82) is 0 Å². The lowest BCUT2D eigenvalue weighted by atomic mass is 10.4. The van der Waals surface area contributed by atoms with Gasteiger partial charge in [0.15, 0.2) is 0 Å². The average Bonchev–Trinajstić information content (AvgIpc) is 2.07. The molecule has 0 aliphatic heterocycles. The zero-order valence-corrected chi connectivity index (χ0v) is 7.53. The summed E-state index contributed by atoms with van der Waals surface area (Å²) in [5.74, 6) is 0.275. The number of hydrogen-bond donors (Lipinski definition) is 3. The third-order valence-electron chi connectivity index (χ3n) is 1.43. The van der Waals surface area contributed by atoms with Crippen LogP contribution in [0.5, 0.6) is 0 Å². The molecule has 0 aliphatic carbocycles. The second kappa shape index (κ2) is 3.99. The van der Waals surface area contributed by atoms with E-state index in [0.29, 0.717) is 12.2 Å². The summed E-state index contributed by atoms with van der Waals surface area (Å²) in [6.45, 7) is 3.53. The molecule has 0 amide bonds. The maximum absolute atomic E-state index is 11.0. The van der Waals surface area contributed by atoms with Crippen molar-refractivity contribution in [2.75, 3.05) is 11.9 Å². The first-order chi connectivity index (χ1) is 6.09. The molecule has 1 atom stereocenters. The predicted octanol–water partition coefficient (Wildman–Crippen LogP) is -0.734. The van der Waals surface area contributed by atoms with Crippen molar-refractivity contribution < 1.29 is 5.11 Å². The Hall–Kier alpha value is -1.43. The molecule has 0 saturated heterocycles. The van der Waals surface area contributed by atoms with Crippen molar-refractivity contribution in [3.63, 3.8) is 0 Å². The summed E-state index contributed by atoms with van der Waals surface area (Å²) in [4.78, 5) is 13.5. The van der Waals surface area contributed by atoms with Crippen LogP contribution in [0.15, 0.2) is 4.79 Å². The van der Waals surface area contributed by atoms with Gasteiger partial charge in [0.2, 0.25) is 5.95 Å². The number of nitrogens with zero attached hydrogens (tertiary/aromatic N) is 2. The third kappa shape index (κ3) is 2.83. The maximum atomic E-state index is 11.0. The first-order valence-corrected chi connectivity index (χ1v) is 3.95. The normalized spacial score (nSPS) is 12.5. The van der Waals surface area contributed by atoms with Gasteiger partial charge < -0.3 is 10.4 Å². The number of hydrogen-bond acceptors (Lipinski definition) is 5. The molecule has 13 heavy (non-hydrogen) atoms. The molecule has 3 N–H and O–H groups in total. The van der Waals surface area contributed by atoms with Crippen LogP contribution in [-0.2, 0) is 0 Å². The Morgan fingerprint density at radius 1 is 1.62 bits per heavy atom. The summed E-state index contributed by atoms with van der Waals surface area (Å²) >= 11 is 0. The average molecular weight is 184 g/mol. The predicted molar refractivity (Wildman–Crippen MR) is 47.6 cm³/mol. The molecule has 0 fully saturated rings. The molecule has 0 aromatic carbocycles. The van der Waals surface area contributed by atoms with E-state index in [1.54, 1.807) is 13.8 Å². The first-order valence-electron chi connectivity index (χ1n) is 3.95. The molecule has 0 radical (unpaired) electrons. The minimum absolute atomic E-state index is 0.275. The number of aromatic nitrogens is 3. The van der Waals surface area contributed by atoms with Crippen LogP contribution in [-0.4, -0.2) is 32.9 Å². The van der Waals surface area contributed by atoms with E-state index in [-0.39, 0.29) is 11.5 Å². The van der Waals surface area contributed by atoms with Crippen molar-refractivity contribution in [2.45, 2.75) is 20.0 Å². The molecule has 1 rings (SSSR count). The van der Waals surface area contributed by atoms with Crippen LogP contribution in [0.3, 0.4) is 0 Å². The Kier molecular flexibility index (Phi) is 2.97. The van der Waals surface area contributed by atoms with Crippen LogP contribution in [0.1, 0.15) is 12.6 Å². The molecule has 1 aromatic heterocycles. The van der Waals surface area contributed by atoms with Gasteiger partial charge in [-0.05, 0) is 13.8 Å². The van der Waals surface area contributed by atoms with Crippen molar-refractivity contribution in [3.05, 3.63) is 16.0 Å². The van der Waals surface area contributed by atoms with Crippen LogP contribution in [0.4, 0.5) is 5.95 Å². The Balaban J connectivity index is 2.69. The Labute approximate surface area is 75.0 Å². The summed E-state index contributed by atoms with van der Waals surface area (Å²) < 4.78 is 0. The molecule has 0 saturated carbocycles. The fraction of sp³-hybridized carbons (Fsp3) is 0.571. The van der Waals surface area contributed by atoms with Gasteiger partial charge in [0.05, 0.1) is 6.10 Å². The third-order valence-corrected chi connectivity index (χ3v) is 1.43. The highest BCUT2D eigenvalue weighted by Crippen LogP contribution is 1.91. The van der Waals surface area contributed by atoms with Gasteiger partial charge in [0.1, 0.15) is 5.69 Å². The summed E-state index contributed by atoms with van der Waals surface area (Å²) in [7, 11) is 0. The van der Waals surface area contributed by atoms with Gasteiger partial charge in [-0.2, -0.15) is 0 Å². The summed E-state index contributed by atoms with van der Waals surface area (Å²) in [6, 6.07) is 0. The highest BCUT2D eigenvalue weighted by atomic mass is 16.3. The van der Waals surface area contributed by atoms with E-state index >= 15 is 0 Å². The Bertz CT molecular complexity index is 334. The van der Waals surface area contributed by atoms with Gasteiger partial charge in [0, 0.05) is 6.54 Å². The van der Waals surface area contributed by atoms with Gasteiger partial charge in [0.25, 0.3) is 5.56 Å². The highest BCUT2D eigenvalue weighted by Gasteiger charge is 2.00. The molecule has 0 bridgehead atoms. The molecule has 0 unspecified atom stereocenters. The molecule has 1 aromatic rings. The molecular formula is C7H12N4O2. The highest BCUT2D eigenvalue weighted by molar-refractivity contribution is 5.21. The number of H-pyrrole nitrogens is 1. The number of anilines is 1. The molecule has 6 nitrogen and oxygen atoms in total. The van der Waals surface area contributed by atoms with E-state index in [0.717, 1.165) is 0 Å². The smallest absolute Gasteiger partial charge is 0.273 e. The summed E-state index contributed by atoms with van der Waals surface area (Å²) in [5, 5.41) is 19.0. The molecule has 0 aliphatic rings. The minimum Gasteiger partial charge on any atom is -0.392 e. The van der Waals surface area contributed by atoms with E-state index < -0.39 is 6.10 Å². The molecule has 72 valence electrons. The second-order valence-corrected chi connectivity index (χ2v) is 2.82. The second-order valence-electron chi connectivity index (χ2n) is 2.82. The maximum Gasteiger partial charge on any atom is 0.273 e. The lowest BCUT2D eigenvalue weighted by molar-refractivity contribution is 0.208. The van der Waals surface area contributed by atoms with Crippen LogP contribution in [0.25, 0.3) is 0 Å². The number of aromatic amines is 1. The van der Waals surface area contributed by atoms with E-state index in [2.05, 4.69) is 20.5 Å². The van der Waals surface area contributed by atoms with Gasteiger partial charge in [-0.15, -0.1) is 10.2 Å². The number of aliphatic hydroxyl groups is 1. The van der Waals surface area contributed by atoms with Crippen LogP contribution >= 0.6 is 0 Å². The number of aryl methyl sites for hydroxylation is 1. The van der Waals surface area contributed by atoms with Crippen molar-refractivity contribution in [2.24, 2.45) is 0 Å². The van der Waals surface area contributed by atoms with E-state index in [1.807, 2.05) is 0 Å². The first kappa shape index (κ1) is 9.66. The minimum atomic E-state index is -0.494. The molecular weight excluding hydrogens is 172 g/mol. The zero-order valence-electron chi connectivity index (χ0n) is 7.53. The van der Waals surface area contributed by atoms with Crippen LogP contribution in [0, 0.1) is 6.92 Å². The van der Waals surface area contributed by atoms with Crippen molar-refractivity contribution >= 4 is 5.95 Å².